The monoisotopic (exact) mass is 1000 g/mol. The summed E-state index contributed by atoms with van der Waals surface area (Å²) >= 11 is 0. The zero-order valence-corrected chi connectivity index (χ0v) is 46.8. The van der Waals surface area contributed by atoms with Crippen molar-refractivity contribution in [3.05, 3.63) is 72.9 Å². The first-order valence-corrected chi connectivity index (χ1v) is 30.1. The van der Waals surface area contributed by atoms with Crippen LogP contribution in [0.2, 0.25) is 0 Å². The van der Waals surface area contributed by atoms with Gasteiger partial charge in [0.15, 0.2) is 6.10 Å². The molecule has 0 aliphatic heterocycles. The molecule has 0 aromatic rings. The molecule has 0 saturated carbocycles. The molecule has 0 N–H and O–H groups in total. The Morgan fingerprint density at radius 3 is 1.21 bits per heavy atom. The number of hydrogen-bond acceptors (Lipinski definition) is 8. The van der Waals surface area contributed by atoms with Crippen molar-refractivity contribution in [3.8, 4) is 0 Å². The minimum Gasteiger partial charge on any atom is -0.756 e. The van der Waals surface area contributed by atoms with Gasteiger partial charge in [-0.3, -0.25) is 14.2 Å². The number of esters is 2. The fourth-order valence-corrected chi connectivity index (χ4v) is 8.52. The quantitative estimate of drug-likeness (QED) is 0.0195. The van der Waals surface area contributed by atoms with Crippen molar-refractivity contribution in [2.24, 2.45) is 0 Å². The maximum atomic E-state index is 12.8. The molecule has 70 heavy (non-hydrogen) atoms. The highest BCUT2D eigenvalue weighted by atomic mass is 31.2. The van der Waals surface area contributed by atoms with Gasteiger partial charge in [-0.2, -0.15) is 0 Å². The van der Waals surface area contributed by atoms with Crippen molar-refractivity contribution in [3.63, 3.8) is 0 Å². The van der Waals surface area contributed by atoms with Crippen LogP contribution in [0, 0.1) is 0 Å². The molecular weight excluding hydrogens is 894 g/mol. The van der Waals surface area contributed by atoms with Gasteiger partial charge in [0.2, 0.25) is 0 Å². The Labute approximate surface area is 431 Å². The summed E-state index contributed by atoms with van der Waals surface area (Å²) < 4.78 is 34.1. The van der Waals surface area contributed by atoms with Crippen LogP contribution >= 0.6 is 7.82 Å². The number of rotatable bonds is 52. The second-order valence-electron chi connectivity index (χ2n) is 20.3. The highest BCUT2D eigenvalue weighted by Gasteiger charge is 2.21. The molecule has 0 aliphatic carbocycles. The number of likely N-dealkylation sites (N-methyl/N-ethyl adjacent to an activating group) is 1. The topological polar surface area (TPSA) is 111 Å². The molecule has 0 fully saturated rings. The molecule has 0 radical (unpaired) electrons. The van der Waals surface area contributed by atoms with Crippen LogP contribution in [0.4, 0.5) is 0 Å². The van der Waals surface area contributed by atoms with Crippen LogP contribution in [0.25, 0.3) is 0 Å². The van der Waals surface area contributed by atoms with E-state index in [2.05, 4.69) is 86.8 Å². The number of carbonyl (C=O) groups excluding carboxylic acids is 2. The van der Waals surface area contributed by atoms with Crippen LogP contribution in [0.3, 0.4) is 0 Å². The third kappa shape index (κ3) is 54.8. The van der Waals surface area contributed by atoms with E-state index in [0.717, 1.165) is 83.5 Å². The third-order valence-corrected chi connectivity index (χ3v) is 13.2. The Bertz CT molecular complexity index is 1410. The van der Waals surface area contributed by atoms with Gasteiger partial charge in [-0.05, 0) is 83.5 Å². The second kappa shape index (κ2) is 51.4. The zero-order chi connectivity index (χ0) is 51.3. The lowest BCUT2D eigenvalue weighted by atomic mass is 10.0. The summed E-state index contributed by atoms with van der Waals surface area (Å²) in [5.41, 5.74) is 0. The lowest BCUT2D eigenvalue weighted by Gasteiger charge is -2.28. The number of hydrogen-bond donors (Lipinski definition) is 0. The first-order valence-electron chi connectivity index (χ1n) is 28.6. The first kappa shape index (κ1) is 67.5. The Morgan fingerprint density at radius 2 is 0.814 bits per heavy atom. The summed E-state index contributed by atoms with van der Waals surface area (Å²) in [4.78, 5) is 37.8. The molecule has 406 valence electrons. The summed E-state index contributed by atoms with van der Waals surface area (Å²) in [6.07, 6.45) is 66.6. The molecule has 0 bridgehead atoms. The molecule has 0 aromatic heterocycles. The Hall–Kier alpha value is -2.55. The van der Waals surface area contributed by atoms with E-state index in [1.54, 1.807) is 0 Å². The average Bonchev–Trinajstić information content (AvgIpc) is 3.32. The molecular formula is C60H108NO8P. The van der Waals surface area contributed by atoms with Gasteiger partial charge in [0.1, 0.15) is 19.8 Å². The summed E-state index contributed by atoms with van der Waals surface area (Å²) in [6.45, 7) is 4.11. The van der Waals surface area contributed by atoms with Crippen molar-refractivity contribution in [1.82, 2.24) is 0 Å². The molecule has 0 aliphatic rings. The molecule has 0 amide bonds. The largest absolute Gasteiger partial charge is 0.756 e. The van der Waals surface area contributed by atoms with E-state index in [9.17, 15) is 19.0 Å². The van der Waals surface area contributed by atoms with E-state index in [1.807, 2.05) is 21.1 Å². The molecule has 0 aromatic carbocycles. The molecule has 0 spiro atoms. The minimum absolute atomic E-state index is 0.0337. The van der Waals surface area contributed by atoms with Gasteiger partial charge in [-0.25, -0.2) is 0 Å². The zero-order valence-electron chi connectivity index (χ0n) is 46.0. The van der Waals surface area contributed by atoms with Gasteiger partial charge < -0.3 is 27.9 Å². The van der Waals surface area contributed by atoms with Crippen LogP contribution in [0.1, 0.15) is 245 Å². The smallest absolute Gasteiger partial charge is 0.306 e. The van der Waals surface area contributed by atoms with Crippen molar-refractivity contribution in [2.75, 3.05) is 47.5 Å². The SMILES string of the molecule is CC/C=C\C/C=C\C/C=C\C/C=C\CCCCCCCCCCCCCCCCCCC(=O)OC(COC(=O)CCCCCCCCC/C=C\C/C=C\CCCCC)COP(=O)([O-])OCC[N+](C)(C)C. The van der Waals surface area contributed by atoms with Crippen molar-refractivity contribution in [1.29, 1.82) is 0 Å². The second-order valence-corrected chi connectivity index (χ2v) is 21.7. The van der Waals surface area contributed by atoms with Crippen LogP contribution in [-0.4, -0.2) is 70.0 Å². The fourth-order valence-electron chi connectivity index (χ4n) is 7.80. The molecule has 2 atom stereocenters. The number of phosphoric acid groups is 1. The van der Waals surface area contributed by atoms with Crippen molar-refractivity contribution >= 4 is 19.8 Å². The maximum Gasteiger partial charge on any atom is 0.306 e. The standard InChI is InChI=1S/C60H108NO8P/c1-6-8-10-12-14-16-18-20-22-24-25-26-27-28-29-30-31-32-33-34-35-37-39-41-43-45-47-49-51-53-60(63)69-58(57-68-70(64,65)67-55-54-61(3,4)5)56-66-59(62)52-50-48-46-44-42-40-38-36-23-21-19-17-15-13-11-9-7-2/h8,10,14-17,20-23,25-26,58H,6-7,9,11-13,18-19,24,27-57H2,1-5H3/b10-8-,16-14-,17-15-,22-20-,23-21-,26-25-. The number of quaternary nitrogens is 1. The Kier molecular flexibility index (Phi) is 49.5. The van der Waals surface area contributed by atoms with Crippen LogP contribution in [-0.2, 0) is 32.7 Å². The van der Waals surface area contributed by atoms with Gasteiger partial charge in [-0.1, -0.05) is 222 Å². The lowest BCUT2D eigenvalue weighted by Crippen LogP contribution is -2.37. The summed E-state index contributed by atoms with van der Waals surface area (Å²) in [5, 5.41) is 0. The predicted octanol–water partition coefficient (Wildman–Crippen LogP) is 17.1. The molecule has 0 heterocycles. The summed E-state index contributed by atoms with van der Waals surface area (Å²) in [5.74, 6) is -0.838. The number of carbonyl (C=O) groups is 2. The number of allylic oxidation sites excluding steroid dienone is 12. The van der Waals surface area contributed by atoms with E-state index in [-0.39, 0.29) is 32.0 Å². The number of ether oxygens (including phenoxy) is 2. The van der Waals surface area contributed by atoms with E-state index in [0.29, 0.717) is 17.4 Å². The minimum atomic E-state index is -4.64. The Morgan fingerprint density at radius 1 is 0.457 bits per heavy atom. The van der Waals surface area contributed by atoms with E-state index < -0.39 is 26.5 Å². The van der Waals surface area contributed by atoms with Crippen LogP contribution in [0.15, 0.2) is 72.9 Å². The first-order chi connectivity index (χ1) is 34.0. The van der Waals surface area contributed by atoms with Gasteiger partial charge in [0.25, 0.3) is 7.82 Å². The van der Waals surface area contributed by atoms with Gasteiger partial charge in [-0.15, -0.1) is 0 Å². The summed E-state index contributed by atoms with van der Waals surface area (Å²) in [6, 6.07) is 0. The van der Waals surface area contributed by atoms with E-state index >= 15 is 0 Å². The lowest BCUT2D eigenvalue weighted by molar-refractivity contribution is -0.870. The van der Waals surface area contributed by atoms with Crippen LogP contribution in [0.5, 0.6) is 0 Å². The average molecular weight is 1000 g/mol. The van der Waals surface area contributed by atoms with Crippen LogP contribution < -0.4 is 4.89 Å². The number of unbranched alkanes of at least 4 members (excludes halogenated alkanes) is 26. The van der Waals surface area contributed by atoms with Gasteiger partial charge in [0, 0.05) is 12.8 Å². The predicted molar refractivity (Wildman–Crippen MR) is 296 cm³/mol. The normalized spacial score (nSPS) is 13.9. The van der Waals surface area contributed by atoms with E-state index in [1.165, 1.54) is 128 Å². The van der Waals surface area contributed by atoms with Crippen molar-refractivity contribution in [2.45, 2.75) is 251 Å². The Balaban J connectivity index is 4.12. The number of nitrogens with zero attached hydrogens (tertiary/aromatic N) is 1. The number of phosphoric ester groups is 1. The highest BCUT2D eigenvalue weighted by molar-refractivity contribution is 7.45. The fraction of sp³-hybridized carbons (Fsp3) is 0.767. The molecule has 9 nitrogen and oxygen atoms in total. The van der Waals surface area contributed by atoms with Gasteiger partial charge in [0.05, 0.1) is 27.7 Å². The third-order valence-electron chi connectivity index (χ3n) is 12.2. The maximum absolute atomic E-state index is 12.8. The van der Waals surface area contributed by atoms with Crippen molar-refractivity contribution < 1.29 is 42.1 Å². The summed E-state index contributed by atoms with van der Waals surface area (Å²) in [7, 11) is 1.16. The molecule has 0 rings (SSSR count). The molecule has 10 heteroatoms. The molecule has 2 unspecified atom stereocenters. The van der Waals surface area contributed by atoms with E-state index in [4.69, 9.17) is 18.5 Å². The van der Waals surface area contributed by atoms with Gasteiger partial charge >= 0.3 is 11.9 Å². The molecule has 0 saturated heterocycles. The highest BCUT2D eigenvalue weighted by Crippen LogP contribution is 2.38.